The van der Waals surface area contributed by atoms with Crippen molar-refractivity contribution >= 4 is 0 Å². The number of para-hydroxylation sites is 1. The maximum Gasteiger partial charge on any atom is 0.280 e. The minimum absolute atomic E-state index is 0.215. The highest BCUT2D eigenvalue weighted by atomic mass is 16.5. The molecule has 1 aromatic carbocycles. The molecule has 3 aromatic rings. The fraction of sp³-hybridized carbons (Fsp3) is 0.286. The van der Waals surface area contributed by atoms with E-state index in [4.69, 9.17) is 9.26 Å². The van der Waals surface area contributed by atoms with Crippen LogP contribution in [0, 0.1) is 0 Å². The third-order valence-corrected chi connectivity index (χ3v) is 3.47. The van der Waals surface area contributed by atoms with Crippen LogP contribution < -0.4 is 0 Å². The van der Waals surface area contributed by atoms with Crippen LogP contribution in [0.15, 0.2) is 41.1 Å². The van der Waals surface area contributed by atoms with Gasteiger partial charge in [0.05, 0.1) is 18.5 Å². The Labute approximate surface area is 120 Å². The summed E-state index contributed by atoms with van der Waals surface area (Å²) in [7, 11) is 0. The molecule has 0 aliphatic carbocycles. The number of hydrogen-bond acceptors (Lipinski definition) is 6. The summed E-state index contributed by atoms with van der Waals surface area (Å²) in [6.07, 6.45) is 2.70. The van der Waals surface area contributed by atoms with Crippen LogP contribution in [0.1, 0.15) is 18.2 Å². The molecule has 0 amide bonds. The van der Waals surface area contributed by atoms with Gasteiger partial charge in [-0.1, -0.05) is 28.6 Å². The normalized spacial score (nSPS) is 18.2. The Balaban J connectivity index is 1.61. The summed E-state index contributed by atoms with van der Waals surface area (Å²) >= 11 is 0. The van der Waals surface area contributed by atoms with Crippen molar-refractivity contribution in [3.63, 3.8) is 0 Å². The van der Waals surface area contributed by atoms with E-state index in [0.29, 0.717) is 24.0 Å². The minimum Gasteiger partial charge on any atom is -0.381 e. The SMILES string of the molecule is c1ccc(-n2cc(-c3nc([C@H]4CCOC4)no3)nn2)cc1. The van der Waals surface area contributed by atoms with Crippen molar-refractivity contribution in [1.29, 1.82) is 0 Å². The third kappa shape index (κ3) is 2.31. The molecular weight excluding hydrogens is 270 g/mol. The van der Waals surface area contributed by atoms with Crippen LogP contribution in [-0.4, -0.2) is 38.3 Å². The van der Waals surface area contributed by atoms with Gasteiger partial charge < -0.3 is 9.26 Å². The van der Waals surface area contributed by atoms with Crippen LogP contribution in [-0.2, 0) is 4.74 Å². The van der Waals surface area contributed by atoms with E-state index < -0.39 is 0 Å². The van der Waals surface area contributed by atoms with Gasteiger partial charge >= 0.3 is 0 Å². The van der Waals surface area contributed by atoms with E-state index in [-0.39, 0.29) is 5.92 Å². The fourth-order valence-electron chi connectivity index (χ4n) is 2.31. The molecule has 0 radical (unpaired) electrons. The first-order valence-corrected chi connectivity index (χ1v) is 6.79. The van der Waals surface area contributed by atoms with Gasteiger partial charge in [-0.15, -0.1) is 5.10 Å². The van der Waals surface area contributed by atoms with Gasteiger partial charge in [-0.05, 0) is 18.6 Å². The number of aromatic nitrogens is 5. The number of ether oxygens (including phenoxy) is 1. The highest BCUT2D eigenvalue weighted by Crippen LogP contribution is 2.24. The predicted octanol–water partition coefficient (Wildman–Crippen LogP) is 1.82. The Morgan fingerprint density at radius 3 is 2.90 bits per heavy atom. The Morgan fingerprint density at radius 2 is 2.10 bits per heavy atom. The highest BCUT2D eigenvalue weighted by molar-refractivity contribution is 5.45. The molecule has 0 spiro atoms. The van der Waals surface area contributed by atoms with E-state index in [9.17, 15) is 0 Å². The van der Waals surface area contributed by atoms with Gasteiger partial charge in [0.15, 0.2) is 11.5 Å². The second kappa shape index (κ2) is 5.10. The van der Waals surface area contributed by atoms with Crippen molar-refractivity contribution in [1.82, 2.24) is 25.1 Å². The fourth-order valence-corrected chi connectivity index (χ4v) is 2.31. The second-order valence-electron chi connectivity index (χ2n) is 4.90. The first kappa shape index (κ1) is 12.2. The maximum atomic E-state index is 5.33. The van der Waals surface area contributed by atoms with Gasteiger partial charge in [-0.3, -0.25) is 0 Å². The quantitative estimate of drug-likeness (QED) is 0.729. The smallest absolute Gasteiger partial charge is 0.280 e. The zero-order valence-corrected chi connectivity index (χ0v) is 11.2. The topological polar surface area (TPSA) is 78.9 Å². The molecule has 2 aromatic heterocycles. The predicted molar refractivity (Wildman–Crippen MR) is 72.8 cm³/mol. The lowest BCUT2D eigenvalue weighted by Gasteiger charge is -1.97. The van der Waals surface area contributed by atoms with Crippen LogP contribution in [0.4, 0.5) is 0 Å². The summed E-state index contributed by atoms with van der Waals surface area (Å²) in [6.45, 7) is 1.40. The van der Waals surface area contributed by atoms with E-state index in [1.54, 1.807) is 10.9 Å². The van der Waals surface area contributed by atoms with Gasteiger partial charge in [0.1, 0.15) is 0 Å². The Kier molecular flexibility index (Phi) is 2.97. The summed E-state index contributed by atoms with van der Waals surface area (Å²) in [4.78, 5) is 4.40. The molecule has 106 valence electrons. The van der Waals surface area contributed by atoms with Crippen LogP contribution >= 0.6 is 0 Å². The van der Waals surface area contributed by atoms with E-state index >= 15 is 0 Å². The molecule has 7 nitrogen and oxygen atoms in total. The molecule has 1 atom stereocenters. The van der Waals surface area contributed by atoms with Gasteiger partial charge in [0.2, 0.25) is 0 Å². The van der Waals surface area contributed by atoms with Gasteiger partial charge in [0, 0.05) is 12.5 Å². The maximum absolute atomic E-state index is 5.33. The molecule has 1 saturated heterocycles. The molecule has 3 heterocycles. The molecule has 0 bridgehead atoms. The van der Waals surface area contributed by atoms with Crippen LogP contribution in [0.3, 0.4) is 0 Å². The number of rotatable bonds is 3. The largest absolute Gasteiger partial charge is 0.381 e. The van der Waals surface area contributed by atoms with Crippen molar-refractivity contribution in [3.05, 3.63) is 42.4 Å². The van der Waals surface area contributed by atoms with Gasteiger partial charge in [0.25, 0.3) is 5.89 Å². The van der Waals surface area contributed by atoms with Crippen molar-refractivity contribution in [3.8, 4) is 17.3 Å². The Hall–Kier alpha value is -2.54. The summed E-state index contributed by atoms with van der Waals surface area (Å²) < 4.78 is 12.3. The molecule has 0 N–H and O–H groups in total. The molecule has 4 rings (SSSR count). The zero-order valence-electron chi connectivity index (χ0n) is 11.2. The molecule has 1 fully saturated rings. The van der Waals surface area contributed by atoms with Crippen molar-refractivity contribution in [2.75, 3.05) is 13.2 Å². The Bertz CT molecular complexity index is 731. The van der Waals surface area contributed by atoms with Gasteiger partial charge in [-0.25, -0.2) is 4.68 Å². The molecule has 7 heteroatoms. The highest BCUT2D eigenvalue weighted by Gasteiger charge is 2.24. The standard InChI is InChI=1S/C14H13N5O2/c1-2-4-11(5-3-1)19-8-12(16-18-19)14-15-13(17-21-14)10-6-7-20-9-10/h1-5,8,10H,6-7,9H2/t10-/m0/s1. The van der Waals surface area contributed by atoms with E-state index in [1.165, 1.54) is 0 Å². The molecule has 1 aliphatic heterocycles. The van der Waals surface area contributed by atoms with E-state index in [1.807, 2.05) is 30.3 Å². The van der Waals surface area contributed by atoms with Crippen molar-refractivity contribution < 1.29 is 9.26 Å². The lowest BCUT2D eigenvalue weighted by atomic mass is 10.1. The summed E-state index contributed by atoms with van der Waals surface area (Å²) in [5.74, 6) is 1.28. The third-order valence-electron chi connectivity index (χ3n) is 3.47. The lowest BCUT2D eigenvalue weighted by molar-refractivity contribution is 0.192. The van der Waals surface area contributed by atoms with Crippen molar-refractivity contribution in [2.24, 2.45) is 0 Å². The molecule has 21 heavy (non-hydrogen) atoms. The second-order valence-corrected chi connectivity index (χ2v) is 4.90. The van der Waals surface area contributed by atoms with Crippen LogP contribution in [0.5, 0.6) is 0 Å². The molecule has 0 unspecified atom stereocenters. The molecular formula is C14H13N5O2. The van der Waals surface area contributed by atoms with E-state index in [2.05, 4.69) is 20.5 Å². The molecule has 0 saturated carbocycles. The zero-order chi connectivity index (χ0) is 14.1. The number of nitrogens with zero attached hydrogens (tertiary/aromatic N) is 5. The average molecular weight is 283 g/mol. The number of benzene rings is 1. The first-order valence-electron chi connectivity index (χ1n) is 6.79. The summed E-state index contributed by atoms with van der Waals surface area (Å²) in [5.41, 5.74) is 1.50. The Morgan fingerprint density at radius 1 is 1.19 bits per heavy atom. The van der Waals surface area contributed by atoms with Crippen LogP contribution in [0.2, 0.25) is 0 Å². The van der Waals surface area contributed by atoms with E-state index in [0.717, 1.165) is 18.7 Å². The minimum atomic E-state index is 0.215. The summed E-state index contributed by atoms with van der Waals surface area (Å²) in [5, 5.41) is 12.2. The van der Waals surface area contributed by atoms with Gasteiger partial charge in [-0.2, -0.15) is 4.98 Å². The monoisotopic (exact) mass is 283 g/mol. The lowest BCUT2D eigenvalue weighted by Crippen LogP contribution is -1.99. The first-order chi connectivity index (χ1) is 10.4. The average Bonchev–Trinajstić information content (AvgIpc) is 3.27. The van der Waals surface area contributed by atoms with Crippen molar-refractivity contribution in [2.45, 2.75) is 12.3 Å². The molecule has 1 aliphatic rings. The summed E-state index contributed by atoms with van der Waals surface area (Å²) in [6, 6.07) is 9.75. The van der Waals surface area contributed by atoms with Crippen LogP contribution in [0.25, 0.3) is 17.3 Å². The number of hydrogen-bond donors (Lipinski definition) is 0.